The van der Waals surface area contributed by atoms with Crippen molar-refractivity contribution in [2.45, 2.75) is 11.7 Å². The van der Waals surface area contributed by atoms with E-state index in [1.54, 1.807) is 25.3 Å². The molecule has 0 aliphatic heterocycles. The molecule has 0 aliphatic carbocycles. The molecule has 2 aromatic rings. The summed E-state index contributed by atoms with van der Waals surface area (Å²) in [6, 6.07) is 7.39. The molecule has 0 spiro atoms. The molecule has 0 radical (unpaired) electrons. The van der Waals surface area contributed by atoms with E-state index in [0.717, 1.165) is 11.4 Å². The lowest BCUT2D eigenvalue weighted by Gasteiger charge is -2.07. The fourth-order valence-corrected chi connectivity index (χ4v) is 2.65. The van der Waals surface area contributed by atoms with E-state index in [9.17, 15) is 4.79 Å². The van der Waals surface area contributed by atoms with Gasteiger partial charge in [-0.3, -0.25) is 9.36 Å². The van der Waals surface area contributed by atoms with Crippen molar-refractivity contribution < 1.29 is 4.79 Å². The molecule has 2 rings (SSSR count). The van der Waals surface area contributed by atoms with Crippen LogP contribution in [0, 0.1) is 0 Å². The molecule has 1 aromatic heterocycles. The zero-order chi connectivity index (χ0) is 15.2. The zero-order valence-electron chi connectivity index (χ0n) is 11.5. The second-order valence-corrected chi connectivity index (χ2v) is 5.55. The lowest BCUT2D eigenvalue weighted by Crippen LogP contribution is -2.20. The lowest BCUT2D eigenvalue weighted by molar-refractivity contribution is -0.118. The number of hydrogen-bond acceptors (Lipinski definition) is 4. The van der Waals surface area contributed by atoms with Crippen LogP contribution in [0.2, 0.25) is 5.02 Å². The van der Waals surface area contributed by atoms with Crippen molar-refractivity contribution in [3.63, 3.8) is 0 Å². The van der Waals surface area contributed by atoms with E-state index in [4.69, 9.17) is 11.6 Å². The minimum Gasteiger partial charge on any atom is -0.358 e. The summed E-state index contributed by atoms with van der Waals surface area (Å²) in [4.78, 5) is 11.3. The van der Waals surface area contributed by atoms with Crippen molar-refractivity contribution in [1.82, 2.24) is 20.1 Å². The van der Waals surface area contributed by atoms with Crippen LogP contribution in [0.5, 0.6) is 0 Å². The Labute approximate surface area is 132 Å². The number of rotatable bonds is 6. The highest BCUT2D eigenvalue weighted by molar-refractivity contribution is 7.99. The number of benzene rings is 1. The molecule has 0 unspecified atom stereocenters. The SMILES string of the molecule is C=CCn1c(SCC(=O)NC)nnc1-c1ccc(Cl)cc1. The van der Waals surface area contributed by atoms with E-state index >= 15 is 0 Å². The van der Waals surface area contributed by atoms with Crippen LogP contribution >= 0.6 is 23.4 Å². The molecule has 1 amide bonds. The number of amides is 1. The van der Waals surface area contributed by atoms with Crippen LogP contribution in [0.3, 0.4) is 0 Å². The number of nitrogens with one attached hydrogen (secondary N) is 1. The van der Waals surface area contributed by atoms with Gasteiger partial charge in [0.15, 0.2) is 11.0 Å². The van der Waals surface area contributed by atoms with Gasteiger partial charge in [-0.25, -0.2) is 0 Å². The van der Waals surface area contributed by atoms with E-state index in [2.05, 4.69) is 22.1 Å². The number of allylic oxidation sites excluding steroid dienone is 1. The summed E-state index contributed by atoms with van der Waals surface area (Å²) in [5.41, 5.74) is 0.917. The van der Waals surface area contributed by atoms with Crippen LogP contribution in [0.1, 0.15) is 0 Å². The Hall–Kier alpha value is -1.79. The normalized spacial score (nSPS) is 10.4. The number of carbonyl (C=O) groups excluding carboxylic acids is 1. The highest BCUT2D eigenvalue weighted by atomic mass is 35.5. The summed E-state index contributed by atoms with van der Waals surface area (Å²) in [5.74, 6) is 0.971. The van der Waals surface area contributed by atoms with Crippen molar-refractivity contribution >= 4 is 29.3 Å². The summed E-state index contributed by atoms with van der Waals surface area (Å²) in [7, 11) is 1.61. The molecule has 0 atom stereocenters. The molecular weight excluding hydrogens is 308 g/mol. The van der Waals surface area contributed by atoms with Gasteiger partial charge in [0.2, 0.25) is 5.91 Å². The number of aromatic nitrogens is 3. The summed E-state index contributed by atoms with van der Waals surface area (Å²) in [6.45, 7) is 4.32. The number of carbonyl (C=O) groups is 1. The van der Waals surface area contributed by atoms with Crippen molar-refractivity contribution in [2.24, 2.45) is 0 Å². The maximum absolute atomic E-state index is 11.3. The van der Waals surface area contributed by atoms with Gasteiger partial charge >= 0.3 is 0 Å². The van der Waals surface area contributed by atoms with Gasteiger partial charge in [0.05, 0.1) is 5.75 Å². The van der Waals surface area contributed by atoms with Crippen LogP contribution in [0.25, 0.3) is 11.4 Å². The lowest BCUT2D eigenvalue weighted by atomic mass is 10.2. The average Bonchev–Trinajstić information content (AvgIpc) is 2.89. The number of thioether (sulfide) groups is 1. The summed E-state index contributed by atoms with van der Waals surface area (Å²) < 4.78 is 1.92. The zero-order valence-corrected chi connectivity index (χ0v) is 13.1. The smallest absolute Gasteiger partial charge is 0.230 e. The molecule has 0 saturated carbocycles. The van der Waals surface area contributed by atoms with E-state index in [1.807, 2.05) is 16.7 Å². The minimum absolute atomic E-state index is 0.0544. The van der Waals surface area contributed by atoms with Crippen LogP contribution in [0.15, 0.2) is 42.1 Å². The molecule has 1 N–H and O–H groups in total. The first-order valence-corrected chi connectivity index (χ1v) is 7.65. The highest BCUT2D eigenvalue weighted by Crippen LogP contribution is 2.25. The first-order valence-electron chi connectivity index (χ1n) is 6.29. The van der Waals surface area contributed by atoms with Crippen molar-refractivity contribution in [3.8, 4) is 11.4 Å². The fraction of sp³-hybridized carbons (Fsp3) is 0.214. The molecule has 1 heterocycles. The van der Waals surface area contributed by atoms with Crippen molar-refractivity contribution in [1.29, 1.82) is 0 Å². The number of nitrogens with zero attached hydrogens (tertiary/aromatic N) is 3. The Bertz CT molecular complexity index is 639. The molecular formula is C14H15ClN4OS. The Balaban J connectivity index is 2.29. The van der Waals surface area contributed by atoms with Crippen LogP contribution in [-0.2, 0) is 11.3 Å². The second-order valence-electron chi connectivity index (χ2n) is 4.17. The van der Waals surface area contributed by atoms with Gasteiger partial charge in [0.1, 0.15) is 0 Å². The van der Waals surface area contributed by atoms with Gasteiger partial charge in [-0.2, -0.15) is 0 Å². The number of halogens is 1. The van der Waals surface area contributed by atoms with Crippen LogP contribution < -0.4 is 5.32 Å². The van der Waals surface area contributed by atoms with Gasteiger partial charge in [0, 0.05) is 24.2 Å². The molecule has 0 bridgehead atoms. The van der Waals surface area contributed by atoms with Gasteiger partial charge in [-0.15, -0.1) is 16.8 Å². The predicted octanol–water partition coefficient (Wildman–Crippen LogP) is 2.62. The first-order chi connectivity index (χ1) is 10.2. The Kier molecular flexibility index (Phi) is 5.41. The number of hydrogen-bond donors (Lipinski definition) is 1. The van der Waals surface area contributed by atoms with Gasteiger partial charge in [-0.1, -0.05) is 29.4 Å². The molecule has 0 aliphatic rings. The first kappa shape index (κ1) is 15.6. The summed E-state index contributed by atoms with van der Waals surface area (Å²) >= 11 is 7.24. The summed E-state index contributed by atoms with van der Waals surface area (Å²) in [5, 5.41) is 12.3. The maximum atomic E-state index is 11.3. The maximum Gasteiger partial charge on any atom is 0.230 e. The Morgan fingerprint density at radius 3 is 2.76 bits per heavy atom. The topological polar surface area (TPSA) is 59.8 Å². The van der Waals surface area contributed by atoms with E-state index < -0.39 is 0 Å². The highest BCUT2D eigenvalue weighted by Gasteiger charge is 2.14. The molecule has 110 valence electrons. The van der Waals surface area contributed by atoms with E-state index in [-0.39, 0.29) is 5.91 Å². The standard InChI is InChI=1S/C14H15ClN4OS/c1-3-8-19-13(10-4-6-11(15)7-5-10)17-18-14(19)21-9-12(20)16-2/h3-7H,1,8-9H2,2H3,(H,16,20). The van der Waals surface area contributed by atoms with Crippen LogP contribution in [0.4, 0.5) is 0 Å². The van der Waals surface area contributed by atoms with Gasteiger partial charge < -0.3 is 5.32 Å². The fourth-order valence-electron chi connectivity index (χ4n) is 1.70. The monoisotopic (exact) mass is 322 g/mol. The van der Waals surface area contributed by atoms with Crippen LogP contribution in [-0.4, -0.2) is 33.5 Å². The average molecular weight is 323 g/mol. The summed E-state index contributed by atoms with van der Waals surface area (Å²) in [6.07, 6.45) is 1.77. The largest absolute Gasteiger partial charge is 0.358 e. The van der Waals surface area contributed by atoms with Crippen molar-refractivity contribution in [2.75, 3.05) is 12.8 Å². The Morgan fingerprint density at radius 2 is 2.14 bits per heavy atom. The Morgan fingerprint density at radius 1 is 1.43 bits per heavy atom. The van der Waals surface area contributed by atoms with E-state index in [1.165, 1.54) is 11.8 Å². The minimum atomic E-state index is -0.0544. The molecule has 0 fully saturated rings. The third-order valence-electron chi connectivity index (χ3n) is 2.74. The molecule has 5 nitrogen and oxygen atoms in total. The van der Waals surface area contributed by atoms with Crippen molar-refractivity contribution in [3.05, 3.63) is 41.9 Å². The quantitative estimate of drug-likeness (QED) is 0.656. The molecule has 0 saturated heterocycles. The van der Waals surface area contributed by atoms with E-state index in [0.29, 0.717) is 22.5 Å². The molecule has 7 heteroatoms. The van der Waals surface area contributed by atoms with Gasteiger partial charge in [0.25, 0.3) is 0 Å². The second kappa shape index (κ2) is 7.28. The molecule has 21 heavy (non-hydrogen) atoms. The third kappa shape index (κ3) is 3.86. The predicted molar refractivity (Wildman–Crippen MR) is 85.5 cm³/mol. The molecule has 1 aromatic carbocycles. The third-order valence-corrected chi connectivity index (χ3v) is 3.96. The van der Waals surface area contributed by atoms with Gasteiger partial charge in [-0.05, 0) is 24.3 Å².